The van der Waals surface area contributed by atoms with Crippen LogP contribution >= 0.6 is 0 Å². The third-order valence-electron chi connectivity index (χ3n) is 3.90. The molecule has 1 fully saturated rings. The molecule has 0 radical (unpaired) electrons. The summed E-state index contributed by atoms with van der Waals surface area (Å²) in [6.07, 6.45) is 5.04. The second-order valence-corrected chi connectivity index (χ2v) is 5.28. The van der Waals surface area contributed by atoms with Gasteiger partial charge in [0.2, 0.25) is 5.52 Å². The molecule has 1 aliphatic rings. The maximum Gasteiger partial charge on any atom is 0.387 e. The summed E-state index contributed by atoms with van der Waals surface area (Å²) in [7, 11) is 0. The van der Waals surface area contributed by atoms with Gasteiger partial charge in [-0.3, -0.25) is 4.79 Å². The largest absolute Gasteiger partial charge is 0.616 e. The molecule has 104 valence electrons. The van der Waals surface area contributed by atoms with Gasteiger partial charge in [-0.2, -0.15) is 0 Å². The van der Waals surface area contributed by atoms with Crippen molar-refractivity contribution in [3.63, 3.8) is 0 Å². The Hall–Kier alpha value is -2.10. The Kier molecular flexibility index (Phi) is 3.54. The van der Waals surface area contributed by atoms with Gasteiger partial charge in [0, 0.05) is 11.5 Å². The van der Waals surface area contributed by atoms with E-state index in [1.807, 2.05) is 12.1 Å². The van der Waals surface area contributed by atoms with Crippen molar-refractivity contribution in [2.45, 2.75) is 32.1 Å². The standard InChI is InChI=1S/C16H17NO3/c18-16(13-7-2-1-3-8-13)20-15-11-10-12-6-4-5-9-14(12)17(15)19/h4-6,9-11,13H,1-3,7-8H2. The van der Waals surface area contributed by atoms with Crippen LogP contribution in [0.2, 0.25) is 0 Å². The number of esters is 1. The van der Waals surface area contributed by atoms with E-state index in [2.05, 4.69) is 0 Å². The van der Waals surface area contributed by atoms with Crippen molar-refractivity contribution in [1.29, 1.82) is 0 Å². The van der Waals surface area contributed by atoms with Gasteiger partial charge in [-0.15, -0.1) is 4.73 Å². The second kappa shape index (κ2) is 5.49. The number of ether oxygens (including phenoxy) is 1. The summed E-state index contributed by atoms with van der Waals surface area (Å²) >= 11 is 0. The number of para-hydroxylation sites is 1. The fraction of sp³-hybridized carbons (Fsp3) is 0.375. The van der Waals surface area contributed by atoms with Crippen LogP contribution in [-0.4, -0.2) is 5.97 Å². The van der Waals surface area contributed by atoms with E-state index in [9.17, 15) is 10.0 Å². The van der Waals surface area contributed by atoms with Crippen molar-refractivity contribution in [2.24, 2.45) is 5.92 Å². The summed E-state index contributed by atoms with van der Waals surface area (Å²) in [4.78, 5) is 12.1. The molecule has 1 heterocycles. The molecule has 0 N–H and O–H groups in total. The predicted molar refractivity (Wildman–Crippen MR) is 75.1 cm³/mol. The van der Waals surface area contributed by atoms with Crippen LogP contribution in [-0.2, 0) is 4.79 Å². The lowest BCUT2D eigenvalue weighted by Crippen LogP contribution is -2.33. The Balaban J connectivity index is 1.83. The van der Waals surface area contributed by atoms with E-state index >= 15 is 0 Å². The van der Waals surface area contributed by atoms with E-state index in [1.54, 1.807) is 24.3 Å². The second-order valence-electron chi connectivity index (χ2n) is 5.28. The van der Waals surface area contributed by atoms with Crippen molar-refractivity contribution in [1.82, 2.24) is 0 Å². The minimum atomic E-state index is -0.274. The van der Waals surface area contributed by atoms with Crippen molar-refractivity contribution in [2.75, 3.05) is 0 Å². The Labute approximate surface area is 117 Å². The highest BCUT2D eigenvalue weighted by atomic mass is 16.6. The van der Waals surface area contributed by atoms with Gasteiger partial charge in [0.25, 0.3) is 0 Å². The molecule has 2 aromatic rings. The van der Waals surface area contributed by atoms with Crippen molar-refractivity contribution in [3.05, 3.63) is 41.6 Å². The van der Waals surface area contributed by atoms with E-state index in [-0.39, 0.29) is 17.8 Å². The molecule has 0 unspecified atom stereocenters. The zero-order valence-corrected chi connectivity index (χ0v) is 11.2. The molecule has 4 nitrogen and oxygen atoms in total. The van der Waals surface area contributed by atoms with Gasteiger partial charge < -0.3 is 9.94 Å². The first-order chi connectivity index (χ1) is 9.75. The van der Waals surface area contributed by atoms with Gasteiger partial charge >= 0.3 is 11.8 Å². The van der Waals surface area contributed by atoms with Crippen LogP contribution in [0.15, 0.2) is 36.4 Å². The van der Waals surface area contributed by atoms with Gasteiger partial charge in [-0.05, 0) is 25.0 Å². The van der Waals surface area contributed by atoms with Gasteiger partial charge in [-0.1, -0.05) is 31.4 Å². The molecule has 0 atom stereocenters. The monoisotopic (exact) mass is 271 g/mol. The minimum Gasteiger partial charge on any atom is -0.616 e. The molecule has 0 bridgehead atoms. The van der Waals surface area contributed by atoms with Gasteiger partial charge in [0.1, 0.15) is 0 Å². The van der Waals surface area contributed by atoms with Crippen LogP contribution in [0.25, 0.3) is 10.9 Å². The predicted octanol–water partition coefficient (Wildman–Crippen LogP) is 2.96. The minimum absolute atomic E-state index is 0.0600. The summed E-state index contributed by atoms with van der Waals surface area (Å²) in [6, 6.07) is 10.6. The van der Waals surface area contributed by atoms with E-state index in [1.165, 1.54) is 6.42 Å². The maximum absolute atomic E-state index is 12.2. The number of aromatic nitrogens is 1. The highest BCUT2D eigenvalue weighted by Crippen LogP contribution is 2.25. The molecule has 1 aromatic heterocycles. The number of hydrogen-bond donors (Lipinski definition) is 0. The third kappa shape index (κ3) is 2.46. The average Bonchev–Trinajstić information content (AvgIpc) is 2.51. The molecule has 1 aliphatic carbocycles. The summed E-state index contributed by atoms with van der Waals surface area (Å²) in [6.45, 7) is 0. The van der Waals surface area contributed by atoms with Crippen molar-refractivity contribution in [3.8, 4) is 5.88 Å². The van der Waals surface area contributed by atoms with Crippen LogP contribution in [0.3, 0.4) is 0 Å². The van der Waals surface area contributed by atoms with Crippen LogP contribution in [0.4, 0.5) is 0 Å². The average molecular weight is 271 g/mol. The highest BCUT2D eigenvalue weighted by molar-refractivity contribution is 5.77. The third-order valence-corrected chi connectivity index (χ3v) is 3.90. The number of carbonyl (C=O) groups is 1. The van der Waals surface area contributed by atoms with Crippen molar-refractivity contribution < 1.29 is 14.3 Å². The maximum atomic E-state index is 12.2. The Bertz CT molecular complexity index is 633. The molecular formula is C16H17NO3. The number of hydrogen-bond acceptors (Lipinski definition) is 3. The lowest BCUT2D eigenvalue weighted by molar-refractivity contribution is -0.583. The van der Waals surface area contributed by atoms with E-state index < -0.39 is 0 Å². The number of carbonyl (C=O) groups excluding carboxylic acids is 1. The first kappa shape index (κ1) is 12.9. The molecule has 4 heteroatoms. The molecule has 0 saturated heterocycles. The number of fused-ring (bicyclic) bond motifs is 1. The SMILES string of the molecule is O=C(Oc1ccc2ccccc2[n+]1[O-])C1CCCCC1. The summed E-state index contributed by atoms with van der Waals surface area (Å²) in [5.41, 5.74) is 0.515. The fourth-order valence-corrected chi connectivity index (χ4v) is 2.76. The zero-order chi connectivity index (χ0) is 13.9. The molecule has 3 rings (SSSR count). The van der Waals surface area contributed by atoms with E-state index in [4.69, 9.17) is 4.74 Å². The summed E-state index contributed by atoms with van der Waals surface area (Å²) in [5.74, 6) is -0.265. The smallest absolute Gasteiger partial charge is 0.387 e. The number of pyridine rings is 1. The van der Waals surface area contributed by atoms with Crippen LogP contribution in [0.5, 0.6) is 5.88 Å². The van der Waals surface area contributed by atoms with Crippen LogP contribution < -0.4 is 9.47 Å². The van der Waals surface area contributed by atoms with Gasteiger partial charge in [0.15, 0.2) is 0 Å². The topological polar surface area (TPSA) is 53.2 Å². The molecule has 20 heavy (non-hydrogen) atoms. The Morgan fingerprint density at radius 2 is 1.85 bits per heavy atom. The number of benzene rings is 1. The fourth-order valence-electron chi connectivity index (χ4n) is 2.76. The van der Waals surface area contributed by atoms with Crippen LogP contribution in [0, 0.1) is 11.1 Å². The number of rotatable bonds is 2. The first-order valence-electron chi connectivity index (χ1n) is 7.09. The highest BCUT2D eigenvalue weighted by Gasteiger charge is 2.25. The lowest BCUT2D eigenvalue weighted by atomic mass is 9.89. The molecule has 0 amide bonds. The van der Waals surface area contributed by atoms with E-state index in [0.717, 1.165) is 31.1 Å². The van der Waals surface area contributed by atoms with Crippen LogP contribution in [0.1, 0.15) is 32.1 Å². The Morgan fingerprint density at radius 1 is 1.10 bits per heavy atom. The summed E-state index contributed by atoms with van der Waals surface area (Å²) in [5, 5.41) is 13.0. The molecular weight excluding hydrogens is 254 g/mol. The van der Waals surface area contributed by atoms with Gasteiger partial charge in [-0.25, -0.2) is 0 Å². The normalized spacial score (nSPS) is 16.2. The summed E-state index contributed by atoms with van der Waals surface area (Å²) < 4.78 is 5.99. The first-order valence-corrected chi connectivity index (χ1v) is 7.09. The Morgan fingerprint density at radius 3 is 2.65 bits per heavy atom. The lowest BCUT2D eigenvalue weighted by Gasteiger charge is -2.19. The molecule has 0 spiro atoms. The zero-order valence-electron chi connectivity index (χ0n) is 11.2. The number of nitrogens with zero attached hydrogens (tertiary/aromatic N) is 1. The quantitative estimate of drug-likeness (QED) is 0.479. The molecule has 1 saturated carbocycles. The molecule has 0 aliphatic heterocycles. The van der Waals surface area contributed by atoms with Crippen molar-refractivity contribution >= 4 is 16.9 Å². The molecule has 1 aromatic carbocycles. The van der Waals surface area contributed by atoms with E-state index in [0.29, 0.717) is 10.2 Å². The van der Waals surface area contributed by atoms with Gasteiger partial charge in [0.05, 0.1) is 12.0 Å².